The Bertz CT molecular complexity index is 2570. The lowest BCUT2D eigenvalue weighted by molar-refractivity contribution is 1.29. The van der Waals surface area contributed by atoms with Crippen LogP contribution < -0.4 is 4.90 Å². The lowest BCUT2D eigenvalue weighted by atomic mass is 9.94. The first-order valence-electron chi connectivity index (χ1n) is 16.3. The Morgan fingerprint density at radius 1 is 0.333 bits per heavy atom. The number of benzene rings is 8. The van der Waals surface area contributed by atoms with Crippen LogP contribution in [0.15, 0.2) is 188 Å². The van der Waals surface area contributed by atoms with Crippen LogP contribution in [0, 0.1) is 0 Å². The third-order valence-corrected chi connectivity index (χ3v) is 10.4. The fraction of sp³-hybridized carbons (Fsp3) is 0. The summed E-state index contributed by atoms with van der Waals surface area (Å²) < 4.78 is 2.61. The Balaban J connectivity index is 1.25. The Morgan fingerprint density at radius 3 is 1.85 bits per heavy atom. The van der Waals surface area contributed by atoms with E-state index >= 15 is 0 Å². The summed E-state index contributed by atoms with van der Waals surface area (Å²) in [6.07, 6.45) is 0. The second kappa shape index (κ2) is 12.0. The van der Waals surface area contributed by atoms with E-state index in [2.05, 4.69) is 193 Å². The van der Waals surface area contributed by atoms with Crippen molar-refractivity contribution in [1.82, 2.24) is 0 Å². The minimum absolute atomic E-state index is 1.12. The van der Waals surface area contributed by atoms with E-state index in [0.29, 0.717) is 0 Å². The van der Waals surface area contributed by atoms with Crippen molar-refractivity contribution in [3.63, 3.8) is 0 Å². The van der Waals surface area contributed by atoms with E-state index < -0.39 is 0 Å². The maximum absolute atomic E-state index is 2.43. The first kappa shape index (κ1) is 28.3. The van der Waals surface area contributed by atoms with Crippen molar-refractivity contribution in [1.29, 1.82) is 0 Å². The van der Waals surface area contributed by atoms with Crippen LogP contribution in [0.1, 0.15) is 0 Å². The lowest BCUT2D eigenvalue weighted by Crippen LogP contribution is -2.11. The SMILES string of the molecule is c1ccc(-c2cccc(N(c3ccc4sc5ccccc5c4c3)c3ccccc3-c3cccc(-c4cccc5ccccc45)c3)c2)cc1. The molecule has 48 heavy (non-hydrogen) atoms. The van der Waals surface area contributed by atoms with E-state index in [9.17, 15) is 0 Å². The molecule has 9 aromatic rings. The van der Waals surface area contributed by atoms with Gasteiger partial charge in [-0.05, 0) is 87.1 Å². The van der Waals surface area contributed by atoms with Gasteiger partial charge in [-0.2, -0.15) is 0 Å². The van der Waals surface area contributed by atoms with Crippen LogP contribution in [0.5, 0.6) is 0 Å². The molecule has 226 valence electrons. The molecule has 0 saturated carbocycles. The molecule has 0 aliphatic rings. The summed E-state index contributed by atoms with van der Waals surface area (Å²) in [5.41, 5.74) is 10.6. The third-order valence-electron chi connectivity index (χ3n) is 9.25. The average molecular weight is 630 g/mol. The minimum atomic E-state index is 1.12. The largest absolute Gasteiger partial charge is 0.310 e. The minimum Gasteiger partial charge on any atom is -0.310 e. The lowest BCUT2D eigenvalue weighted by Gasteiger charge is -2.28. The smallest absolute Gasteiger partial charge is 0.0540 e. The highest BCUT2D eigenvalue weighted by atomic mass is 32.1. The molecule has 9 rings (SSSR count). The molecule has 0 unspecified atom stereocenters. The van der Waals surface area contributed by atoms with Gasteiger partial charge in [-0.15, -0.1) is 11.3 Å². The first-order valence-corrected chi connectivity index (χ1v) is 17.2. The van der Waals surface area contributed by atoms with Crippen molar-refractivity contribution in [3.05, 3.63) is 188 Å². The highest BCUT2D eigenvalue weighted by Crippen LogP contribution is 2.45. The molecule has 0 N–H and O–H groups in total. The molecule has 0 radical (unpaired) electrons. The van der Waals surface area contributed by atoms with Gasteiger partial charge in [0.25, 0.3) is 0 Å². The van der Waals surface area contributed by atoms with Crippen LogP contribution in [-0.2, 0) is 0 Å². The molecule has 2 heteroatoms. The van der Waals surface area contributed by atoms with Gasteiger partial charge in [0.2, 0.25) is 0 Å². The third kappa shape index (κ3) is 5.04. The molecule has 0 fully saturated rings. The molecule has 0 aliphatic carbocycles. The van der Waals surface area contributed by atoms with Crippen LogP contribution in [0.2, 0.25) is 0 Å². The zero-order valence-corrected chi connectivity index (χ0v) is 27.1. The number of rotatable bonds is 6. The zero-order chi connectivity index (χ0) is 31.9. The predicted molar refractivity (Wildman–Crippen MR) is 208 cm³/mol. The van der Waals surface area contributed by atoms with Gasteiger partial charge in [0.05, 0.1) is 5.69 Å². The van der Waals surface area contributed by atoms with Gasteiger partial charge >= 0.3 is 0 Å². The van der Waals surface area contributed by atoms with Gasteiger partial charge in [0.15, 0.2) is 0 Å². The molecular formula is C46H31NS. The summed E-state index contributed by atoms with van der Waals surface area (Å²) in [6, 6.07) is 68.2. The summed E-state index contributed by atoms with van der Waals surface area (Å²) in [4.78, 5) is 2.43. The Morgan fingerprint density at radius 2 is 0.938 bits per heavy atom. The maximum Gasteiger partial charge on any atom is 0.0540 e. The summed E-state index contributed by atoms with van der Waals surface area (Å²) in [6.45, 7) is 0. The highest BCUT2D eigenvalue weighted by Gasteiger charge is 2.19. The van der Waals surface area contributed by atoms with Crippen LogP contribution in [0.4, 0.5) is 17.1 Å². The quantitative estimate of drug-likeness (QED) is 0.177. The number of thiophene rings is 1. The molecule has 8 aromatic carbocycles. The number of fused-ring (bicyclic) bond motifs is 4. The second-order valence-electron chi connectivity index (χ2n) is 12.2. The fourth-order valence-electron chi connectivity index (χ4n) is 6.98. The molecule has 0 amide bonds. The van der Waals surface area contributed by atoms with Gasteiger partial charge in [0, 0.05) is 37.1 Å². The second-order valence-corrected chi connectivity index (χ2v) is 13.2. The van der Waals surface area contributed by atoms with Gasteiger partial charge in [-0.3, -0.25) is 0 Å². The molecule has 1 nitrogen and oxygen atoms in total. The van der Waals surface area contributed by atoms with E-state index in [-0.39, 0.29) is 0 Å². The molecule has 0 aliphatic heterocycles. The standard InChI is InChI=1S/C46H31NS/c1-2-13-32(14-3-1)34-17-11-20-37(30-34)47(38-27-28-46-43(31-38)42-23-7-9-26-45(42)48-46)44-25-8-6-22-41(44)36-19-10-18-35(29-36)40-24-12-16-33-15-4-5-21-39(33)40/h1-31H. The number of anilines is 3. The molecule has 1 aromatic heterocycles. The van der Waals surface area contributed by atoms with E-state index in [4.69, 9.17) is 0 Å². The first-order chi connectivity index (χ1) is 23.8. The molecule has 0 spiro atoms. The Hall–Kier alpha value is -5.96. The van der Waals surface area contributed by atoms with Crippen molar-refractivity contribution >= 4 is 59.3 Å². The van der Waals surface area contributed by atoms with E-state index in [1.807, 2.05) is 11.3 Å². The number of nitrogens with zero attached hydrogens (tertiary/aromatic N) is 1. The van der Waals surface area contributed by atoms with Crippen molar-refractivity contribution in [3.8, 4) is 33.4 Å². The summed E-state index contributed by atoms with van der Waals surface area (Å²) in [5.74, 6) is 0. The van der Waals surface area contributed by atoms with Gasteiger partial charge in [-0.25, -0.2) is 0 Å². The maximum atomic E-state index is 2.43. The summed E-state index contributed by atoms with van der Waals surface area (Å²) >= 11 is 1.86. The molecule has 0 bridgehead atoms. The number of para-hydroxylation sites is 1. The average Bonchev–Trinajstić information content (AvgIpc) is 3.54. The molecule has 0 saturated heterocycles. The normalized spacial score (nSPS) is 11.3. The van der Waals surface area contributed by atoms with E-state index in [1.165, 1.54) is 64.3 Å². The van der Waals surface area contributed by atoms with E-state index in [1.54, 1.807) is 0 Å². The van der Waals surface area contributed by atoms with Crippen LogP contribution >= 0.6 is 11.3 Å². The van der Waals surface area contributed by atoms with Gasteiger partial charge in [-0.1, -0.05) is 140 Å². The molecule has 1 heterocycles. The van der Waals surface area contributed by atoms with Crippen molar-refractivity contribution in [2.45, 2.75) is 0 Å². The van der Waals surface area contributed by atoms with Gasteiger partial charge in [0.1, 0.15) is 0 Å². The Kier molecular flexibility index (Phi) is 7.07. The van der Waals surface area contributed by atoms with Crippen molar-refractivity contribution in [2.75, 3.05) is 4.90 Å². The van der Waals surface area contributed by atoms with Crippen LogP contribution in [0.3, 0.4) is 0 Å². The number of hydrogen-bond donors (Lipinski definition) is 0. The Labute approximate surface area is 284 Å². The van der Waals surface area contributed by atoms with Crippen molar-refractivity contribution in [2.24, 2.45) is 0 Å². The summed E-state index contributed by atoms with van der Waals surface area (Å²) in [7, 11) is 0. The molecular weight excluding hydrogens is 599 g/mol. The summed E-state index contributed by atoms with van der Waals surface area (Å²) in [5, 5.41) is 5.10. The topological polar surface area (TPSA) is 3.24 Å². The van der Waals surface area contributed by atoms with E-state index in [0.717, 1.165) is 17.1 Å². The van der Waals surface area contributed by atoms with Crippen molar-refractivity contribution < 1.29 is 0 Å². The fourth-order valence-corrected chi connectivity index (χ4v) is 8.07. The zero-order valence-electron chi connectivity index (χ0n) is 26.3. The highest BCUT2D eigenvalue weighted by molar-refractivity contribution is 7.25. The van der Waals surface area contributed by atoms with Crippen LogP contribution in [0.25, 0.3) is 64.3 Å². The number of hydrogen-bond acceptors (Lipinski definition) is 2. The predicted octanol–water partition coefficient (Wildman–Crippen LogP) is 13.7. The monoisotopic (exact) mass is 629 g/mol. The molecule has 0 atom stereocenters. The van der Waals surface area contributed by atoms with Gasteiger partial charge < -0.3 is 4.90 Å². The van der Waals surface area contributed by atoms with Crippen LogP contribution in [-0.4, -0.2) is 0 Å².